The van der Waals surface area contributed by atoms with Crippen LogP contribution in [-0.4, -0.2) is 46.4 Å². The van der Waals surface area contributed by atoms with Gasteiger partial charge in [-0.15, -0.1) is 0 Å². The van der Waals surface area contributed by atoms with E-state index in [1.54, 1.807) is 0 Å². The molecule has 4 aliphatic carbocycles. The average Bonchev–Trinajstić information content (AvgIpc) is 3.45. The number of hydrogen-bond acceptors (Lipinski definition) is 5. The Morgan fingerprint density at radius 3 is 2.16 bits per heavy atom. The molecule has 10 unspecified atom stereocenters. The maximum absolute atomic E-state index is 12.7. The van der Waals surface area contributed by atoms with Crippen LogP contribution in [0.3, 0.4) is 0 Å². The number of aliphatic hydroxyl groups excluding tert-OH is 1. The van der Waals surface area contributed by atoms with Gasteiger partial charge in [0.15, 0.2) is 0 Å². The minimum Gasteiger partial charge on any atom is -0.481 e. The van der Waals surface area contributed by atoms with E-state index in [9.17, 15) is 24.6 Å². The first-order valence-corrected chi connectivity index (χ1v) is 11.8. The highest BCUT2D eigenvalue weighted by Crippen LogP contribution is 2.72. The quantitative estimate of drug-likeness (QED) is 0.375. The predicted octanol–water partition coefficient (Wildman–Crippen LogP) is 2.90. The van der Waals surface area contributed by atoms with E-state index in [1.807, 2.05) is 13.8 Å². The van der Waals surface area contributed by atoms with Crippen LogP contribution in [0.5, 0.6) is 0 Å². The molecule has 174 valence electrons. The zero-order valence-corrected chi connectivity index (χ0v) is 18.7. The highest BCUT2D eigenvalue weighted by atomic mass is 16.5. The molecule has 0 amide bonds. The molecule has 4 rings (SSSR count). The monoisotopic (exact) mass is 436 g/mol. The van der Waals surface area contributed by atoms with Crippen LogP contribution in [-0.2, 0) is 19.1 Å². The zero-order chi connectivity index (χ0) is 22.7. The van der Waals surface area contributed by atoms with Crippen LogP contribution in [0.2, 0.25) is 0 Å². The first kappa shape index (κ1) is 22.6. The number of carbonyl (C=O) groups excluding carboxylic acids is 1. The summed E-state index contributed by atoms with van der Waals surface area (Å²) in [6, 6.07) is 0. The Morgan fingerprint density at radius 2 is 1.61 bits per heavy atom. The molecule has 0 radical (unpaired) electrons. The summed E-state index contributed by atoms with van der Waals surface area (Å²) in [7, 11) is 0. The lowest BCUT2D eigenvalue weighted by molar-refractivity contribution is -0.162. The molecule has 0 spiro atoms. The van der Waals surface area contributed by atoms with Crippen molar-refractivity contribution in [2.24, 2.45) is 64.6 Å². The van der Waals surface area contributed by atoms with Crippen molar-refractivity contribution in [2.75, 3.05) is 13.2 Å². The number of aliphatic carboxylic acids is 2. The molecule has 3 N–H and O–H groups in total. The minimum atomic E-state index is -1.07. The van der Waals surface area contributed by atoms with Gasteiger partial charge in [-0.3, -0.25) is 14.4 Å². The smallest absolute Gasteiger partial charge is 0.311 e. The van der Waals surface area contributed by atoms with Gasteiger partial charge in [0.05, 0.1) is 23.9 Å². The van der Waals surface area contributed by atoms with Gasteiger partial charge in [-0.25, -0.2) is 0 Å². The molecule has 0 aromatic heterocycles. The highest BCUT2D eigenvalue weighted by Gasteiger charge is 2.68. The first-order valence-electron chi connectivity index (χ1n) is 11.8. The molecule has 7 heteroatoms. The maximum atomic E-state index is 12.7. The number of hydrogen-bond donors (Lipinski definition) is 3. The number of rotatable bonds is 9. The SMILES string of the molecule is CC(C(=O)O)C(C(=O)O)C1C(CC(C)(C)C(=O)OCCO)C2CC1C1C3CCC(C3)C21. The summed E-state index contributed by atoms with van der Waals surface area (Å²) in [6.07, 6.45) is 5.17. The van der Waals surface area contributed by atoms with Gasteiger partial charge >= 0.3 is 17.9 Å². The minimum absolute atomic E-state index is 0.00479. The van der Waals surface area contributed by atoms with Gasteiger partial charge in [0.1, 0.15) is 6.61 Å². The molecule has 0 aromatic rings. The fraction of sp³-hybridized carbons (Fsp3) is 0.875. The van der Waals surface area contributed by atoms with Gasteiger partial charge in [0, 0.05) is 0 Å². The van der Waals surface area contributed by atoms with Crippen LogP contribution in [0, 0.1) is 64.6 Å². The normalized spacial score (nSPS) is 39.9. The third-order valence-electron chi connectivity index (χ3n) is 9.37. The number of ether oxygens (including phenoxy) is 1. The Hall–Kier alpha value is -1.63. The number of aliphatic hydroxyl groups is 1. The lowest BCUT2D eigenvalue weighted by Crippen LogP contribution is -2.47. The Balaban J connectivity index is 1.66. The van der Waals surface area contributed by atoms with Crippen LogP contribution < -0.4 is 0 Å². The van der Waals surface area contributed by atoms with Crippen LogP contribution in [0.25, 0.3) is 0 Å². The molecule has 4 aliphatic rings. The average molecular weight is 437 g/mol. The summed E-state index contributed by atoms with van der Waals surface area (Å²) in [6.45, 7) is 4.88. The van der Waals surface area contributed by atoms with Crippen molar-refractivity contribution in [2.45, 2.75) is 52.9 Å². The van der Waals surface area contributed by atoms with E-state index in [0.29, 0.717) is 36.0 Å². The third kappa shape index (κ3) is 3.57. The van der Waals surface area contributed by atoms with E-state index in [-0.39, 0.29) is 36.9 Å². The van der Waals surface area contributed by atoms with E-state index < -0.39 is 29.2 Å². The molecular weight excluding hydrogens is 400 g/mol. The standard InChI is InChI=1S/C24H36O7/c1-11(21(26)27)17(22(28)29)20-15-9-14(18-12-4-5-13(8-12)19(15)18)16(20)10-24(2,3)23(30)31-7-6-25/h11-20,25H,4-10H2,1-3H3,(H,26,27)(H,28,29). The molecule has 0 saturated heterocycles. The number of carboxylic acid groups (broad SMARTS) is 2. The molecule has 0 heterocycles. The largest absolute Gasteiger partial charge is 0.481 e. The van der Waals surface area contributed by atoms with Crippen molar-refractivity contribution >= 4 is 17.9 Å². The number of esters is 1. The van der Waals surface area contributed by atoms with Crippen LogP contribution in [0.15, 0.2) is 0 Å². The predicted molar refractivity (Wildman–Crippen MR) is 111 cm³/mol. The van der Waals surface area contributed by atoms with Crippen molar-refractivity contribution in [1.29, 1.82) is 0 Å². The summed E-state index contributed by atoms with van der Waals surface area (Å²) in [4.78, 5) is 36.9. The zero-order valence-electron chi connectivity index (χ0n) is 18.7. The summed E-state index contributed by atoms with van der Waals surface area (Å²) in [5.41, 5.74) is -0.814. The molecule has 0 aromatic carbocycles. The van der Waals surface area contributed by atoms with Crippen LogP contribution in [0.1, 0.15) is 52.9 Å². The molecule has 0 aliphatic heterocycles. The lowest BCUT2D eigenvalue weighted by atomic mass is 9.57. The summed E-state index contributed by atoms with van der Waals surface area (Å²) >= 11 is 0. The summed E-state index contributed by atoms with van der Waals surface area (Å²) in [5.74, 6) is -1.52. The van der Waals surface area contributed by atoms with E-state index in [2.05, 4.69) is 0 Å². The second kappa shape index (κ2) is 8.05. The first-order chi connectivity index (χ1) is 14.6. The van der Waals surface area contributed by atoms with Gasteiger partial charge < -0.3 is 20.1 Å². The van der Waals surface area contributed by atoms with E-state index in [0.717, 1.165) is 6.42 Å². The lowest BCUT2D eigenvalue weighted by Gasteiger charge is -2.47. The van der Waals surface area contributed by atoms with Crippen LogP contribution in [0.4, 0.5) is 0 Å². The topological polar surface area (TPSA) is 121 Å². The molecule has 10 atom stereocenters. The van der Waals surface area contributed by atoms with Crippen molar-refractivity contribution < 1.29 is 34.4 Å². The van der Waals surface area contributed by atoms with Gasteiger partial charge in [-0.2, -0.15) is 0 Å². The fourth-order valence-electron chi connectivity index (χ4n) is 8.45. The van der Waals surface area contributed by atoms with Gasteiger partial charge in [0.25, 0.3) is 0 Å². The Morgan fingerprint density at radius 1 is 1.00 bits per heavy atom. The maximum Gasteiger partial charge on any atom is 0.311 e. The number of fused-ring (bicyclic) bond motifs is 9. The number of carboxylic acids is 2. The number of carbonyl (C=O) groups is 3. The van der Waals surface area contributed by atoms with Crippen molar-refractivity contribution in [3.63, 3.8) is 0 Å². The third-order valence-corrected chi connectivity index (χ3v) is 9.37. The van der Waals surface area contributed by atoms with Gasteiger partial charge in [0.2, 0.25) is 0 Å². The van der Waals surface area contributed by atoms with Crippen LogP contribution >= 0.6 is 0 Å². The molecule has 4 saturated carbocycles. The van der Waals surface area contributed by atoms with E-state index in [1.165, 1.54) is 26.2 Å². The van der Waals surface area contributed by atoms with Crippen molar-refractivity contribution in [1.82, 2.24) is 0 Å². The van der Waals surface area contributed by atoms with E-state index >= 15 is 0 Å². The second-order valence-electron chi connectivity index (χ2n) is 11.2. The Bertz CT molecular complexity index is 746. The summed E-state index contributed by atoms with van der Waals surface area (Å²) in [5, 5.41) is 28.8. The Labute approximate surface area is 183 Å². The highest BCUT2D eigenvalue weighted by molar-refractivity contribution is 5.80. The van der Waals surface area contributed by atoms with Crippen molar-refractivity contribution in [3.05, 3.63) is 0 Å². The molecule has 31 heavy (non-hydrogen) atoms. The van der Waals surface area contributed by atoms with Gasteiger partial charge in [-0.1, -0.05) is 6.92 Å². The van der Waals surface area contributed by atoms with E-state index in [4.69, 9.17) is 9.84 Å². The fourth-order valence-corrected chi connectivity index (χ4v) is 8.45. The second-order valence-corrected chi connectivity index (χ2v) is 11.2. The molecule has 7 nitrogen and oxygen atoms in total. The summed E-state index contributed by atoms with van der Waals surface area (Å²) < 4.78 is 5.21. The van der Waals surface area contributed by atoms with Crippen molar-refractivity contribution in [3.8, 4) is 0 Å². The Kier molecular flexibility index (Phi) is 5.86. The molecular formula is C24H36O7. The van der Waals surface area contributed by atoms with Gasteiger partial charge in [-0.05, 0) is 93.3 Å². The molecule has 4 bridgehead atoms. The molecule has 4 fully saturated rings.